The van der Waals surface area contributed by atoms with Gasteiger partial charge in [0.1, 0.15) is 0 Å². The molecule has 1 fully saturated rings. The first-order valence-electron chi connectivity index (χ1n) is 6.08. The van der Waals surface area contributed by atoms with Gasteiger partial charge in [0.2, 0.25) is 5.91 Å². The molecular weight excluding hydrogens is 220 g/mol. The van der Waals surface area contributed by atoms with E-state index in [1.165, 1.54) is 0 Å². The number of rotatable bonds is 5. The maximum atomic E-state index is 11.8. The van der Waals surface area contributed by atoms with E-state index >= 15 is 0 Å². The van der Waals surface area contributed by atoms with Gasteiger partial charge in [0.25, 0.3) is 0 Å². The van der Waals surface area contributed by atoms with Crippen LogP contribution in [-0.4, -0.2) is 60.0 Å². The molecule has 5 nitrogen and oxygen atoms in total. The molecule has 0 aromatic carbocycles. The minimum Gasteiger partial charge on any atom is -0.481 e. The zero-order valence-electron chi connectivity index (χ0n) is 10.8. The fourth-order valence-electron chi connectivity index (χ4n) is 2.10. The normalized spacial score (nSPS) is 22.9. The van der Waals surface area contributed by atoms with E-state index in [4.69, 9.17) is 5.11 Å². The molecule has 1 aliphatic heterocycles. The molecular formula is C12H22N2O3. The molecule has 1 heterocycles. The number of hydrogen-bond acceptors (Lipinski definition) is 3. The molecule has 1 rings (SSSR count). The first kappa shape index (κ1) is 14.0. The molecule has 0 spiro atoms. The number of carbonyl (C=O) groups is 2. The topological polar surface area (TPSA) is 60.9 Å². The van der Waals surface area contributed by atoms with Gasteiger partial charge in [-0.2, -0.15) is 0 Å². The van der Waals surface area contributed by atoms with Gasteiger partial charge < -0.3 is 14.9 Å². The summed E-state index contributed by atoms with van der Waals surface area (Å²) >= 11 is 0. The van der Waals surface area contributed by atoms with Gasteiger partial charge in [0, 0.05) is 19.0 Å². The zero-order chi connectivity index (χ0) is 13.0. The van der Waals surface area contributed by atoms with Crippen LogP contribution in [0, 0.1) is 5.92 Å². The van der Waals surface area contributed by atoms with E-state index in [1.807, 2.05) is 21.0 Å². The minimum absolute atomic E-state index is 0.0914. The van der Waals surface area contributed by atoms with Crippen LogP contribution in [0.1, 0.15) is 26.2 Å². The number of hydrogen-bond donors (Lipinski definition) is 1. The second-order valence-corrected chi connectivity index (χ2v) is 5.06. The fourth-order valence-corrected chi connectivity index (χ4v) is 2.10. The lowest BCUT2D eigenvalue weighted by Gasteiger charge is -2.35. The quantitative estimate of drug-likeness (QED) is 0.769. The molecule has 0 saturated carbocycles. The average Bonchev–Trinajstić information content (AvgIpc) is 2.26. The summed E-state index contributed by atoms with van der Waals surface area (Å²) in [4.78, 5) is 26.5. The minimum atomic E-state index is -0.790. The highest BCUT2D eigenvalue weighted by Gasteiger charge is 2.32. The van der Waals surface area contributed by atoms with Crippen LogP contribution in [-0.2, 0) is 9.59 Å². The maximum absolute atomic E-state index is 11.8. The van der Waals surface area contributed by atoms with Crippen LogP contribution < -0.4 is 0 Å². The van der Waals surface area contributed by atoms with Crippen LogP contribution in [0.3, 0.4) is 0 Å². The van der Waals surface area contributed by atoms with E-state index in [0.717, 1.165) is 13.0 Å². The molecule has 0 aromatic heterocycles. The number of carbonyl (C=O) groups excluding carboxylic acids is 1. The molecule has 2 atom stereocenters. The molecule has 0 radical (unpaired) electrons. The maximum Gasteiger partial charge on any atom is 0.308 e. The first-order valence-corrected chi connectivity index (χ1v) is 6.08. The summed E-state index contributed by atoms with van der Waals surface area (Å²) in [7, 11) is 3.98. The van der Waals surface area contributed by atoms with E-state index in [9.17, 15) is 9.59 Å². The summed E-state index contributed by atoms with van der Waals surface area (Å²) in [6.45, 7) is 3.26. The number of aliphatic carboxylic acids is 1. The van der Waals surface area contributed by atoms with Crippen molar-refractivity contribution in [3.8, 4) is 0 Å². The SMILES string of the molecule is CC(CCN(C)C)N1CC(C(=O)O)CCC1=O. The Morgan fingerprint density at radius 2 is 2.24 bits per heavy atom. The Morgan fingerprint density at radius 3 is 2.76 bits per heavy atom. The first-order chi connectivity index (χ1) is 7.91. The smallest absolute Gasteiger partial charge is 0.308 e. The van der Waals surface area contributed by atoms with Gasteiger partial charge in [-0.15, -0.1) is 0 Å². The highest BCUT2D eigenvalue weighted by molar-refractivity contribution is 5.80. The number of carboxylic acids is 1. The number of likely N-dealkylation sites (tertiary alicyclic amines) is 1. The number of nitrogens with zero attached hydrogens (tertiary/aromatic N) is 2. The van der Waals surface area contributed by atoms with Gasteiger partial charge in [-0.05, 0) is 40.4 Å². The molecule has 17 heavy (non-hydrogen) atoms. The highest BCUT2D eigenvalue weighted by atomic mass is 16.4. The summed E-state index contributed by atoms with van der Waals surface area (Å²) in [5.41, 5.74) is 0. The Labute approximate surface area is 102 Å². The van der Waals surface area contributed by atoms with Gasteiger partial charge in [-0.3, -0.25) is 9.59 Å². The van der Waals surface area contributed by atoms with Crippen molar-refractivity contribution in [2.24, 2.45) is 5.92 Å². The van der Waals surface area contributed by atoms with Crippen molar-refractivity contribution in [3.05, 3.63) is 0 Å². The monoisotopic (exact) mass is 242 g/mol. The standard InChI is InChI=1S/C12H22N2O3/c1-9(6-7-13(2)3)14-8-10(12(16)17)4-5-11(14)15/h9-10H,4-8H2,1-3H3,(H,16,17). The molecule has 0 aliphatic carbocycles. The third-order valence-corrected chi connectivity index (χ3v) is 3.32. The van der Waals surface area contributed by atoms with Gasteiger partial charge in [-0.25, -0.2) is 0 Å². The van der Waals surface area contributed by atoms with E-state index < -0.39 is 11.9 Å². The van der Waals surface area contributed by atoms with Crippen LogP contribution in [0.15, 0.2) is 0 Å². The molecule has 1 amide bonds. The van der Waals surface area contributed by atoms with Crippen molar-refractivity contribution in [2.45, 2.75) is 32.2 Å². The third-order valence-electron chi connectivity index (χ3n) is 3.32. The molecule has 1 saturated heterocycles. The van der Waals surface area contributed by atoms with Crippen molar-refractivity contribution >= 4 is 11.9 Å². The van der Waals surface area contributed by atoms with E-state index in [2.05, 4.69) is 4.90 Å². The van der Waals surface area contributed by atoms with Crippen LogP contribution in [0.4, 0.5) is 0 Å². The van der Waals surface area contributed by atoms with Gasteiger partial charge in [0.05, 0.1) is 5.92 Å². The Morgan fingerprint density at radius 1 is 1.59 bits per heavy atom. The van der Waals surface area contributed by atoms with Crippen LogP contribution in [0.2, 0.25) is 0 Å². The third kappa shape index (κ3) is 4.00. The van der Waals surface area contributed by atoms with Crippen LogP contribution in [0.5, 0.6) is 0 Å². The van der Waals surface area contributed by atoms with Crippen LogP contribution >= 0.6 is 0 Å². The predicted molar refractivity (Wildman–Crippen MR) is 64.7 cm³/mol. The van der Waals surface area contributed by atoms with Crippen molar-refractivity contribution in [2.75, 3.05) is 27.2 Å². The van der Waals surface area contributed by atoms with E-state index in [-0.39, 0.29) is 11.9 Å². The van der Waals surface area contributed by atoms with Gasteiger partial charge in [0.15, 0.2) is 0 Å². The fraction of sp³-hybridized carbons (Fsp3) is 0.833. The van der Waals surface area contributed by atoms with Gasteiger partial charge >= 0.3 is 5.97 Å². The van der Waals surface area contributed by atoms with Crippen LogP contribution in [0.25, 0.3) is 0 Å². The van der Waals surface area contributed by atoms with Crippen molar-refractivity contribution in [1.29, 1.82) is 0 Å². The lowest BCUT2D eigenvalue weighted by atomic mass is 9.96. The number of piperidine rings is 1. The molecule has 2 unspecified atom stereocenters. The Balaban J connectivity index is 2.54. The second-order valence-electron chi connectivity index (χ2n) is 5.06. The lowest BCUT2D eigenvalue weighted by molar-refractivity contribution is -0.148. The highest BCUT2D eigenvalue weighted by Crippen LogP contribution is 2.21. The van der Waals surface area contributed by atoms with Crippen molar-refractivity contribution < 1.29 is 14.7 Å². The van der Waals surface area contributed by atoms with E-state index in [0.29, 0.717) is 19.4 Å². The van der Waals surface area contributed by atoms with Crippen molar-refractivity contribution in [1.82, 2.24) is 9.80 Å². The molecule has 98 valence electrons. The summed E-state index contributed by atoms with van der Waals surface area (Å²) < 4.78 is 0. The average molecular weight is 242 g/mol. The Kier molecular flexibility index (Phi) is 4.93. The Bertz CT molecular complexity index is 291. The molecule has 1 N–H and O–H groups in total. The van der Waals surface area contributed by atoms with Crippen molar-refractivity contribution in [3.63, 3.8) is 0 Å². The molecule has 1 aliphatic rings. The summed E-state index contributed by atoms with van der Waals surface area (Å²) in [6.07, 6.45) is 1.72. The summed E-state index contributed by atoms with van der Waals surface area (Å²) in [5, 5.41) is 9.00. The molecule has 0 bridgehead atoms. The number of amides is 1. The Hall–Kier alpha value is -1.10. The van der Waals surface area contributed by atoms with Gasteiger partial charge in [-0.1, -0.05) is 0 Å². The second kappa shape index (κ2) is 6.00. The molecule has 5 heteroatoms. The zero-order valence-corrected chi connectivity index (χ0v) is 10.8. The lowest BCUT2D eigenvalue weighted by Crippen LogP contribution is -2.47. The largest absolute Gasteiger partial charge is 0.481 e. The summed E-state index contributed by atoms with van der Waals surface area (Å²) in [6, 6.07) is 0.118. The number of carboxylic acid groups (broad SMARTS) is 1. The van der Waals surface area contributed by atoms with E-state index in [1.54, 1.807) is 4.90 Å². The summed E-state index contributed by atoms with van der Waals surface area (Å²) in [5.74, 6) is -1.09. The molecule has 0 aromatic rings. The predicted octanol–water partition coefficient (Wildman–Crippen LogP) is 0.650.